The third-order valence-electron chi connectivity index (χ3n) is 5.55. The van der Waals surface area contributed by atoms with E-state index in [-0.39, 0.29) is 12.5 Å². The molecule has 2 amide bonds. The number of aliphatic hydroxyl groups is 1. The van der Waals surface area contributed by atoms with Crippen molar-refractivity contribution in [1.29, 1.82) is 0 Å². The van der Waals surface area contributed by atoms with Crippen LogP contribution in [0.1, 0.15) is 37.3 Å². The zero-order chi connectivity index (χ0) is 23.4. The molecule has 3 aromatic rings. The Kier molecular flexibility index (Phi) is 6.57. The number of benzene rings is 1. The summed E-state index contributed by atoms with van der Waals surface area (Å²) in [4.78, 5) is 31.9. The highest BCUT2D eigenvalue weighted by Crippen LogP contribution is 2.38. The molecule has 0 saturated carbocycles. The van der Waals surface area contributed by atoms with E-state index in [1.165, 1.54) is 17.6 Å². The van der Waals surface area contributed by atoms with Crippen LogP contribution in [0.3, 0.4) is 0 Å². The first-order chi connectivity index (χ1) is 16.0. The summed E-state index contributed by atoms with van der Waals surface area (Å²) in [6.45, 7) is 1.66. The maximum absolute atomic E-state index is 13.5. The van der Waals surface area contributed by atoms with Gasteiger partial charge in [-0.3, -0.25) is 19.2 Å². The van der Waals surface area contributed by atoms with E-state index in [1.54, 1.807) is 53.2 Å². The Morgan fingerprint density at radius 1 is 1.27 bits per heavy atom. The lowest BCUT2D eigenvalue weighted by Crippen LogP contribution is -2.71. The number of hydrogen-bond acceptors (Lipinski definition) is 7. The van der Waals surface area contributed by atoms with Crippen LogP contribution in [0.5, 0.6) is 0 Å². The molecule has 172 valence electrons. The molecule has 1 fully saturated rings. The fraction of sp³-hybridized carbons (Fsp3) is 0.318. The van der Waals surface area contributed by atoms with Crippen LogP contribution in [0.25, 0.3) is 0 Å². The Bertz CT molecular complexity index is 1100. The van der Waals surface area contributed by atoms with Crippen LogP contribution in [0, 0.1) is 0 Å². The average Bonchev–Trinajstić information content (AvgIpc) is 3.35. The van der Waals surface area contributed by atoms with E-state index < -0.39 is 24.1 Å². The lowest BCUT2D eigenvalue weighted by Gasteiger charge is -2.50. The number of carbonyl (C=O) groups is 2. The van der Waals surface area contributed by atoms with Crippen LogP contribution in [0.4, 0.5) is 4.79 Å². The molecular weight excluding hydrogens is 448 g/mol. The van der Waals surface area contributed by atoms with Gasteiger partial charge in [0, 0.05) is 16.8 Å². The normalized spacial score (nSPS) is 21.4. The molecule has 1 saturated heterocycles. The topological polar surface area (TPSA) is 122 Å². The van der Waals surface area contributed by atoms with Gasteiger partial charge in [0.2, 0.25) is 12.2 Å². The Morgan fingerprint density at radius 3 is 2.64 bits per heavy atom. The molecule has 3 atom stereocenters. The fourth-order valence-electron chi connectivity index (χ4n) is 4.14. The first kappa shape index (κ1) is 22.7. The second kappa shape index (κ2) is 9.55. The van der Waals surface area contributed by atoms with Crippen molar-refractivity contribution >= 4 is 23.6 Å². The van der Waals surface area contributed by atoms with E-state index in [4.69, 9.17) is 16.3 Å². The smallest absolute Gasteiger partial charge is 0.415 e. The maximum Gasteiger partial charge on any atom is 0.415 e. The molecule has 0 spiro atoms. The van der Waals surface area contributed by atoms with Crippen LogP contribution in [0.2, 0.25) is 5.02 Å². The van der Waals surface area contributed by atoms with Crippen molar-refractivity contribution in [2.75, 3.05) is 6.54 Å². The maximum atomic E-state index is 13.5. The van der Waals surface area contributed by atoms with Gasteiger partial charge in [-0.2, -0.15) is 0 Å². The van der Waals surface area contributed by atoms with Crippen molar-refractivity contribution in [2.45, 2.75) is 37.8 Å². The number of aromatic nitrogens is 4. The second-order valence-corrected chi connectivity index (χ2v) is 8.03. The Balaban J connectivity index is 1.79. The number of nitrogens with zero attached hydrogens (tertiary/aromatic N) is 5. The summed E-state index contributed by atoms with van der Waals surface area (Å²) in [6.07, 6.45) is 3.32. The molecule has 10 nitrogen and oxygen atoms in total. The SMILES string of the molecule is CCCC1NC(=O)CN(C(=O)OC(O)c2ccc(Cl)cc2)C1(c1ccccn1)n1cnnc1. The first-order valence-electron chi connectivity index (χ1n) is 10.4. The van der Waals surface area contributed by atoms with E-state index in [0.29, 0.717) is 22.7 Å². The van der Waals surface area contributed by atoms with Crippen LogP contribution >= 0.6 is 11.6 Å². The minimum Gasteiger partial charge on any atom is -0.415 e. The molecule has 1 aromatic carbocycles. The van der Waals surface area contributed by atoms with E-state index >= 15 is 0 Å². The molecule has 1 aliphatic rings. The Labute approximate surface area is 195 Å². The number of aliphatic hydroxyl groups excluding tert-OH is 1. The largest absolute Gasteiger partial charge is 0.415 e. The molecule has 4 rings (SSSR count). The summed E-state index contributed by atoms with van der Waals surface area (Å²) in [5.74, 6) is -0.356. The quantitative estimate of drug-likeness (QED) is 0.530. The summed E-state index contributed by atoms with van der Waals surface area (Å²) in [7, 11) is 0. The highest BCUT2D eigenvalue weighted by Gasteiger charge is 2.55. The fourth-order valence-corrected chi connectivity index (χ4v) is 4.26. The van der Waals surface area contributed by atoms with Crippen molar-refractivity contribution in [1.82, 2.24) is 30.0 Å². The number of carbonyl (C=O) groups excluding carboxylic acids is 2. The molecule has 0 bridgehead atoms. The predicted octanol–water partition coefficient (Wildman–Crippen LogP) is 2.46. The number of nitrogens with one attached hydrogen (secondary N) is 1. The monoisotopic (exact) mass is 470 g/mol. The summed E-state index contributed by atoms with van der Waals surface area (Å²) in [6, 6.07) is 11.0. The number of ether oxygens (including phenoxy) is 1. The van der Waals surface area contributed by atoms with Crippen molar-refractivity contribution in [3.05, 3.63) is 77.6 Å². The van der Waals surface area contributed by atoms with Crippen LogP contribution in [0.15, 0.2) is 61.3 Å². The standard InChI is InChI=1S/C22H23ClN6O4/c1-2-5-18-22(28-13-25-26-14-28,17-6-3-4-11-24-17)29(12-19(30)27-18)21(32)33-20(31)15-7-9-16(23)10-8-15/h3-4,6-11,13-14,18,20,31H,2,5,12H2,1H3,(H,27,30). The zero-order valence-corrected chi connectivity index (χ0v) is 18.6. The lowest BCUT2D eigenvalue weighted by molar-refractivity contribution is -0.137. The van der Waals surface area contributed by atoms with Crippen LogP contribution in [-0.2, 0) is 15.2 Å². The summed E-state index contributed by atoms with van der Waals surface area (Å²) in [5, 5.41) is 21.9. The summed E-state index contributed by atoms with van der Waals surface area (Å²) < 4.78 is 7.03. The number of hydrogen-bond donors (Lipinski definition) is 2. The van der Waals surface area contributed by atoms with Gasteiger partial charge >= 0.3 is 6.09 Å². The van der Waals surface area contributed by atoms with Gasteiger partial charge in [0.1, 0.15) is 19.2 Å². The number of pyridine rings is 1. The number of rotatable bonds is 6. The molecule has 3 unspecified atom stereocenters. The highest BCUT2D eigenvalue weighted by atomic mass is 35.5. The minimum atomic E-state index is -1.56. The number of halogens is 1. The van der Waals surface area contributed by atoms with E-state index in [2.05, 4.69) is 20.5 Å². The van der Waals surface area contributed by atoms with Gasteiger partial charge in [-0.25, -0.2) is 4.79 Å². The first-order valence-corrected chi connectivity index (χ1v) is 10.8. The van der Waals surface area contributed by atoms with Crippen molar-refractivity contribution in [3.63, 3.8) is 0 Å². The van der Waals surface area contributed by atoms with Crippen molar-refractivity contribution in [2.24, 2.45) is 0 Å². The third kappa shape index (κ3) is 4.27. The molecule has 1 aliphatic heterocycles. The summed E-state index contributed by atoms with van der Waals surface area (Å²) in [5.41, 5.74) is -0.487. The van der Waals surface area contributed by atoms with Gasteiger partial charge in [0.05, 0.1) is 11.7 Å². The van der Waals surface area contributed by atoms with Crippen LogP contribution in [-0.4, -0.2) is 54.3 Å². The van der Waals surface area contributed by atoms with E-state index in [1.807, 2.05) is 6.92 Å². The predicted molar refractivity (Wildman–Crippen MR) is 118 cm³/mol. The van der Waals surface area contributed by atoms with Crippen molar-refractivity contribution < 1.29 is 19.4 Å². The molecule has 3 heterocycles. The molecule has 11 heteroatoms. The molecular formula is C22H23ClN6O4. The Morgan fingerprint density at radius 2 is 2.00 bits per heavy atom. The Hall–Kier alpha value is -3.50. The highest BCUT2D eigenvalue weighted by molar-refractivity contribution is 6.30. The molecule has 0 aliphatic carbocycles. The van der Waals surface area contributed by atoms with Gasteiger partial charge < -0.3 is 15.2 Å². The molecule has 0 radical (unpaired) electrons. The zero-order valence-electron chi connectivity index (χ0n) is 17.8. The molecule has 2 N–H and O–H groups in total. The van der Waals surface area contributed by atoms with Gasteiger partial charge in [-0.05, 0) is 30.7 Å². The molecule has 33 heavy (non-hydrogen) atoms. The van der Waals surface area contributed by atoms with Gasteiger partial charge in [-0.15, -0.1) is 10.2 Å². The lowest BCUT2D eigenvalue weighted by atomic mass is 9.87. The molecule has 2 aromatic heterocycles. The second-order valence-electron chi connectivity index (χ2n) is 7.59. The summed E-state index contributed by atoms with van der Waals surface area (Å²) >= 11 is 5.90. The average molecular weight is 471 g/mol. The minimum absolute atomic E-state index is 0.318. The van der Waals surface area contributed by atoms with Crippen molar-refractivity contribution in [3.8, 4) is 0 Å². The van der Waals surface area contributed by atoms with Gasteiger partial charge in [0.15, 0.2) is 5.66 Å². The number of piperazine rings is 1. The van der Waals surface area contributed by atoms with Gasteiger partial charge in [0.25, 0.3) is 0 Å². The third-order valence-corrected chi connectivity index (χ3v) is 5.81. The van der Waals surface area contributed by atoms with Crippen LogP contribution < -0.4 is 5.32 Å². The number of amides is 2. The van der Waals surface area contributed by atoms with E-state index in [0.717, 1.165) is 6.42 Å². The van der Waals surface area contributed by atoms with Gasteiger partial charge in [-0.1, -0.05) is 43.1 Å². The van der Waals surface area contributed by atoms with E-state index in [9.17, 15) is 14.7 Å².